The van der Waals surface area contributed by atoms with Crippen LogP contribution in [0.4, 0.5) is 0 Å². The fourth-order valence-corrected chi connectivity index (χ4v) is 4.12. The molecule has 1 aliphatic heterocycles. The Morgan fingerprint density at radius 3 is 2.93 bits per heavy atom. The van der Waals surface area contributed by atoms with Crippen LogP contribution < -0.4 is 4.74 Å². The lowest BCUT2D eigenvalue weighted by atomic mass is 9.94. The van der Waals surface area contributed by atoms with Gasteiger partial charge in [-0.1, -0.05) is 41.0 Å². The number of methoxy groups -OCH3 is 1. The van der Waals surface area contributed by atoms with Crippen molar-refractivity contribution in [2.75, 3.05) is 20.2 Å². The molecule has 4 rings (SSSR count). The third-order valence-corrected chi connectivity index (χ3v) is 5.75. The van der Waals surface area contributed by atoms with Crippen molar-refractivity contribution in [3.63, 3.8) is 0 Å². The van der Waals surface area contributed by atoms with Gasteiger partial charge in [0.25, 0.3) is 5.91 Å². The second kappa shape index (κ2) is 8.88. The summed E-state index contributed by atoms with van der Waals surface area (Å²) in [5.74, 6) is 1.94. The molecule has 0 N–H and O–H groups in total. The molecule has 30 heavy (non-hydrogen) atoms. The van der Waals surface area contributed by atoms with Gasteiger partial charge in [0, 0.05) is 30.1 Å². The van der Waals surface area contributed by atoms with E-state index in [1.165, 1.54) is 0 Å². The van der Waals surface area contributed by atoms with Crippen LogP contribution in [0.2, 0.25) is 5.02 Å². The van der Waals surface area contributed by atoms with Crippen molar-refractivity contribution in [1.82, 2.24) is 15.0 Å². The maximum Gasteiger partial charge on any atom is 0.257 e. The molecule has 1 aliphatic rings. The highest BCUT2D eigenvalue weighted by Crippen LogP contribution is 2.28. The molecule has 0 aliphatic carbocycles. The molecule has 1 fully saturated rings. The summed E-state index contributed by atoms with van der Waals surface area (Å²) < 4.78 is 10.9. The van der Waals surface area contributed by atoms with Gasteiger partial charge in [0.2, 0.25) is 11.7 Å². The van der Waals surface area contributed by atoms with E-state index >= 15 is 0 Å². The minimum absolute atomic E-state index is 0.0646. The minimum atomic E-state index is -0.0646. The van der Waals surface area contributed by atoms with E-state index in [4.69, 9.17) is 20.9 Å². The number of hydrogen-bond acceptors (Lipinski definition) is 5. The second-order valence-electron chi connectivity index (χ2n) is 7.63. The Bertz CT molecular complexity index is 1050. The van der Waals surface area contributed by atoms with E-state index in [1.54, 1.807) is 25.3 Å². The first-order valence-electron chi connectivity index (χ1n) is 10.1. The number of nitrogens with zero attached hydrogens (tertiary/aromatic N) is 3. The van der Waals surface area contributed by atoms with Gasteiger partial charge in [-0.2, -0.15) is 4.98 Å². The predicted molar refractivity (Wildman–Crippen MR) is 115 cm³/mol. The summed E-state index contributed by atoms with van der Waals surface area (Å²) in [5, 5.41) is 4.67. The summed E-state index contributed by atoms with van der Waals surface area (Å²) in [6, 6.07) is 13.1. The number of ether oxygens (including phenoxy) is 1. The number of halogens is 1. The molecule has 0 saturated carbocycles. The smallest absolute Gasteiger partial charge is 0.257 e. The summed E-state index contributed by atoms with van der Waals surface area (Å²) in [6.45, 7) is 3.37. The van der Waals surface area contributed by atoms with E-state index in [1.807, 2.05) is 36.1 Å². The molecule has 1 atom stereocenters. The summed E-state index contributed by atoms with van der Waals surface area (Å²) in [6.07, 6.45) is 2.59. The Hall–Kier alpha value is -2.86. The highest BCUT2D eigenvalue weighted by Gasteiger charge is 2.28. The number of benzene rings is 2. The molecule has 0 spiro atoms. The highest BCUT2D eigenvalue weighted by atomic mass is 35.5. The van der Waals surface area contributed by atoms with Crippen molar-refractivity contribution in [1.29, 1.82) is 0 Å². The van der Waals surface area contributed by atoms with E-state index in [2.05, 4.69) is 10.1 Å². The van der Waals surface area contributed by atoms with E-state index in [0.717, 1.165) is 24.0 Å². The van der Waals surface area contributed by atoms with Gasteiger partial charge in [-0.25, -0.2) is 0 Å². The number of aromatic nitrogens is 2. The number of likely N-dealkylation sites (tertiary alicyclic amines) is 1. The van der Waals surface area contributed by atoms with Crippen LogP contribution in [-0.2, 0) is 6.42 Å². The molecule has 0 unspecified atom stereocenters. The molecule has 156 valence electrons. The molecule has 0 bridgehead atoms. The number of hydrogen-bond donors (Lipinski definition) is 0. The Balaban J connectivity index is 1.46. The molecule has 6 nitrogen and oxygen atoms in total. The first-order valence-corrected chi connectivity index (χ1v) is 10.4. The number of carbonyl (C=O) groups is 1. The van der Waals surface area contributed by atoms with Crippen LogP contribution in [0, 0.1) is 12.8 Å². The number of piperidine rings is 1. The molecule has 7 heteroatoms. The zero-order chi connectivity index (χ0) is 21.1. The first kappa shape index (κ1) is 20.4. The molecule has 3 aromatic rings. The first-order chi connectivity index (χ1) is 14.5. The molecule has 1 saturated heterocycles. The van der Waals surface area contributed by atoms with Crippen LogP contribution in [0.1, 0.15) is 34.7 Å². The van der Waals surface area contributed by atoms with Gasteiger partial charge in [-0.05, 0) is 49.4 Å². The normalized spacial score (nSPS) is 16.5. The molecule has 1 amide bonds. The number of carbonyl (C=O) groups excluding carboxylic acids is 1. The summed E-state index contributed by atoms with van der Waals surface area (Å²) in [4.78, 5) is 19.5. The van der Waals surface area contributed by atoms with Gasteiger partial charge in [-0.15, -0.1) is 0 Å². The monoisotopic (exact) mass is 425 g/mol. The third-order valence-electron chi connectivity index (χ3n) is 5.52. The quantitative estimate of drug-likeness (QED) is 0.587. The number of rotatable bonds is 5. The average Bonchev–Trinajstić information content (AvgIpc) is 3.22. The molecule has 2 heterocycles. The zero-order valence-electron chi connectivity index (χ0n) is 17.1. The number of amides is 1. The van der Waals surface area contributed by atoms with Gasteiger partial charge in [-0.3, -0.25) is 4.79 Å². The van der Waals surface area contributed by atoms with Crippen LogP contribution in [0.5, 0.6) is 5.75 Å². The summed E-state index contributed by atoms with van der Waals surface area (Å²) >= 11 is 6.10. The Morgan fingerprint density at radius 1 is 1.30 bits per heavy atom. The van der Waals surface area contributed by atoms with Crippen LogP contribution in [0.25, 0.3) is 11.4 Å². The maximum absolute atomic E-state index is 13.1. The van der Waals surface area contributed by atoms with Gasteiger partial charge in [0.05, 0.1) is 12.7 Å². The van der Waals surface area contributed by atoms with Crippen LogP contribution in [0.3, 0.4) is 0 Å². The summed E-state index contributed by atoms with van der Waals surface area (Å²) in [7, 11) is 1.56. The van der Waals surface area contributed by atoms with E-state index < -0.39 is 0 Å². The van der Waals surface area contributed by atoms with Gasteiger partial charge in [0.1, 0.15) is 5.75 Å². The fourth-order valence-electron chi connectivity index (χ4n) is 3.95. The lowest BCUT2D eigenvalue weighted by Gasteiger charge is -2.32. The van der Waals surface area contributed by atoms with Gasteiger partial charge in [0.15, 0.2) is 0 Å². The largest absolute Gasteiger partial charge is 0.496 e. The lowest BCUT2D eigenvalue weighted by Crippen LogP contribution is -2.40. The van der Waals surface area contributed by atoms with E-state index in [0.29, 0.717) is 47.6 Å². The standard InChI is InChI=1S/C23H24ClN3O3/c1-15-6-3-4-8-18(15)22-25-21(30-26-22)12-16-7-5-11-27(14-16)23(28)19-13-17(24)9-10-20(19)29-2/h3-4,6,8-10,13,16H,5,7,11-12,14H2,1-2H3/t16-/m0/s1. The SMILES string of the molecule is COc1ccc(Cl)cc1C(=O)N1CCC[C@@H](Cc2nc(-c3ccccc3C)no2)C1. The van der Waals surface area contributed by atoms with Gasteiger partial charge < -0.3 is 14.2 Å². The highest BCUT2D eigenvalue weighted by molar-refractivity contribution is 6.31. The van der Waals surface area contributed by atoms with Crippen LogP contribution in [0.15, 0.2) is 47.0 Å². The van der Waals surface area contributed by atoms with E-state index in [-0.39, 0.29) is 11.8 Å². The third kappa shape index (κ3) is 4.33. The van der Waals surface area contributed by atoms with Gasteiger partial charge >= 0.3 is 0 Å². The Labute approximate surface area is 180 Å². The van der Waals surface area contributed by atoms with Crippen molar-refractivity contribution in [3.8, 4) is 17.1 Å². The number of aryl methyl sites for hydroxylation is 1. The van der Waals surface area contributed by atoms with Crippen LogP contribution in [-0.4, -0.2) is 41.1 Å². The van der Waals surface area contributed by atoms with Crippen molar-refractivity contribution >= 4 is 17.5 Å². The summed E-state index contributed by atoms with van der Waals surface area (Å²) in [5.41, 5.74) is 2.57. The molecular weight excluding hydrogens is 402 g/mol. The Morgan fingerprint density at radius 2 is 2.13 bits per heavy atom. The van der Waals surface area contributed by atoms with Crippen molar-refractivity contribution in [2.45, 2.75) is 26.2 Å². The zero-order valence-corrected chi connectivity index (χ0v) is 17.9. The molecular formula is C23H24ClN3O3. The maximum atomic E-state index is 13.1. The molecule has 1 aromatic heterocycles. The molecule has 0 radical (unpaired) electrons. The van der Waals surface area contributed by atoms with Crippen molar-refractivity contribution in [3.05, 3.63) is 64.5 Å². The van der Waals surface area contributed by atoms with Crippen molar-refractivity contribution < 1.29 is 14.1 Å². The molecule has 2 aromatic carbocycles. The lowest BCUT2D eigenvalue weighted by molar-refractivity contribution is 0.0665. The fraction of sp³-hybridized carbons (Fsp3) is 0.348. The predicted octanol–water partition coefficient (Wildman–Crippen LogP) is 4.80. The van der Waals surface area contributed by atoms with E-state index in [9.17, 15) is 4.79 Å². The Kier molecular flexibility index (Phi) is 6.04. The minimum Gasteiger partial charge on any atom is -0.496 e. The average molecular weight is 426 g/mol. The van der Waals surface area contributed by atoms with Crippen molar-refractivity contribution in [2.24, 2.45) is 5.92 Å². The second-order valence-corrected chi connectivity index (χ2v) is 8.07. The van der Waals surface area contributed by atoms with Crippen LogP contribution >= 0.6 is 11.6 Å². The topological polar surface area (TPSA) is 68.5 Å².